The van der Waals surface area contributed by atoms with Crippen LogP contribution in [-0.2, 0) is 4.74 Å². The normalized spacial score (nSPS) is 9.69. The Labute approximate surface area is 79.1 Å². The molecule has 0 amide bonds. The molecule has 0 radical (unpaired) electrons. The molecule has 5 heteroatoms. The van der Waals surface area contributed by atoms with Gasteiger partial charge in [0.1, 0.15) is 11.3 Å². The summed E-state index contributed by atoms with van der Waals surface area (Å²) in [6, 6.07) is 1.21. The molecule has 0 aliphatic carbocycles. The number of carbonyl (C=O) groups is 1. The molecule has 0 aliphatic rings. The zero-order valence-corrected chi connectivity index (χ0v) is 7.63. The first-order valence-electron chi connectivity index (χ1n) is 3.60. The topological polar surface area (TPSA) is 56.5 Å². The number of rotatable bonds is 2. The SMILES string of the molecule is CCOC(=O)c1coc(=O)c(Cl)c1. The van der Waals surface area contributed by atoms with Crippen molar-refractivity contribution in [1.29, 1.82) is 0 Å². The summed E-state index contributed by atoms with van der Waals surface area (Å²) in [6.07, 6.45) is 1.02. The van der Waals surface area contributed by atoms with Crippen molar-refractivity contribution in [3.05, 3.63) is 33.3 Å². The van der Waals surface area contributed by atoms with Gasteiger partial charge in [0.05, 0.1) is 12.2 Å². The fourth-order valence-electron chi connectivity index (χ4n) is 0.724. The fraction of sp³-hybridized carbons (Fsp3) is 0.250. The van der Waals surface area contributed by atoms with Gasteiger partial charge in [0.2, 0.25) is 0 Å². The van der Waals surface area contributed by atoms with Crippen LogP contribution in [0.2, 0.25) is 5.02 Å². The highest BCUT2D eigenvalue weighted by molar-refractivity contribution is 6.30. The lowest BCUT2D eigenvalue weighted by atomic mass is 10.3. The summed E-state index contributed by atoms with van der Waals surface area (Å²) in [6.45, 7) is 1.94. The molecule has 0 aliphatic heterocycles. The fourth-order valence-corrected chi connectivity index (χ4v) is 0.886. The average molecular weight is 203 g/mol. The third-order valence-electron chi connectivity index (χ3n) is 1.28. The Morgan fingerprint density at radius 1 is 1.69 bits per heavy atom. The number of carbonyl (C=O) groups excluding carboxylic acids is 1. The lowest BCUT2D eigenvalue weighted by Gasteiger charge is -1.99. The first kappa shape index (κ1) is 9.80. The Morgan fingerprint density at radius 3 is 2.92 bits per heavy atom. The average Bonchev–Trinajstić information content (AvgIpc) is 2.10. The standard InChI is InChI=1S/C8H7ClO4/c1-2-12-7(10)5-3-6(9)8(11)13-4-5/h3-4H,2H2,1H3. The van der Waals surface area contributed by atoms with E-state index in [1.54, 1.807) is 6.92 Å². The third kappa shape index (κ3) is 2.32. The molecule has 1 aromatic heterocycles. The van der Waals surface area contributed by atoms with Crippen LogP contribution in [0.5, 0.6) is 0 Å². The summed E-state index contributed by atoms with van der Waals surface area (Å²) >= 11 is 5.44. The molecular weight excluding hydrogens is 196 g/mol. The van der Waals surface area contributed by atoms with Gasteiger partial charge in [-0.2, -0.15) is 0 Å². The minimum Gasteiger partial charge on any atom is -0.462 e. The van der Waals surface area contributed by atoms with E-state index in [4.69, 9.17) is 11.6 Å². The van der Waals surface area contributed by atoms with Crippen molar-refractivity contribution in [2.24, 2.45) is 0 Å². The van der Waals surface area contributed by atoms with Crippen molar-refractivity contribution in [3.8, 4) is 0 Å². The molecule has 0 unspecified atom stereocenters. The molecule has 0 atom stereocenters. The third-order valence-corrected chi connectivity index (χ3v) is 1.54. The van der Waals surface area contributed by atoms with E-state index in [-0.39, 0.29) is 17.2 Å². The van der Waals surface area contributed by atoms with Crippen molar-refractivity contribution in [2.45, 2.75) is 6.92 Å². The van der Waals surface area contributed by atoms with Crippen LogP contribution >= 0.6 is 11.6 Å². The van der Waals surface area contributed by atoms with Crippen molar-refractivity contribution in [3.63, 3.8) is 0 Å². The van der Waals surface area contributed by atoms with Gasteiger partial charge in [-0.3, -0.25) is 0 Å². The van der Waals surface area contributed by atoms with Crippen molar-refractivity contribution >= 4 is 17.6 Å². The number of hydrogen-bond donors (Lipinski definition) is 0. The molecule has 13 heavy (non-hydrogen) atoms. The highest BCUT2D eigenvalue weighted by atomic mass is 35.5. The Kier molecular flexibility index (Phi) is 3.08. The van der Waals surface area contributed by atoms with E-state index in [2.05, 4.69) is 9.15 Å². The number of halogens is 1. The molecule has 1 rings (SSSR count). The second kappa shape index (κ2) is 4.09. The van der Waals surface area contributed by atoms with Crippen LogP contribution in [-0.4, -0.2) is 12.6 Å². The van der Waals surface area contributed by atoms with E-state index in [9.17, 15) is 9.59 Å². The van der Waals surface area contributed by atoms with Crippen LogP contribution in [0.1, 0.15) is 17.3 Å². The van der Waals surface area contributed by atoms with E-state index >= 15 is 0 Å². The van der Waals surface area contributed by atoms with E-state index < -0.39 is 11.6 Å². The van der Waals surface area contributed by atoms with Gasteiger partial charge in [-0.1, -0.05) is 11.6 Å². The summed E-state index contributed by atoms with van der Waals surface area (Å²) in [5.41, 5.74) is -0.541. The van der Waals surface area contributed by atoms with Gasteiger partial charge >= 0.3 is 11.6 Å². The molecule has 0 N–H and O–H groups in total. The molecule has 1 aromatic rings. The molecule has 0 saturated carbocycles. The van der Waals surface area contributed by atoms with Crippen molar-refractivity contribution in [1.82, 2.24) is 0 Å². The summed E-state index contributed by atoms with van der Waals surface area (Å²) < 4.78 is 9.13. The largest absolute Gasteiger partial charge is 0.462 e. The molecular formula is C8H7ClO4. The maximum Gasteiger partial charge on any atom is 0.354 e. The summed E-state index contributed by atoms with van der Waals surface area (Å²) in [4.78, 5) is 21.8. The van der Waals surface area contributed by atoms with Crippen LogP contribution in [0.3, 0.4) is 0 Å². The molecule has 0 bridgehead atoms. The zero-order chi connectivity index (χ0) is 9.84. The molecule has 0 fully saturated rings. The smallest absolute Gasteiger partial charge is 0.354 e. The van der Waals surface area contributed by atoms with Crippen LogP contribution in [0.15, 0.2) is 21.5 Å². The summed E-state index contributed by atoms with van der Waals surface area (Å²) in [7, 11) is 0. The van der Waals surface area contributed by atoms with Gasteiger partial charge in [0.25, 0.3) is 0 Å². The Balaban J connectivity index is 2.97. The Hall–Kier alpha value is -1.29. The van der Waals surface area contributed by atoms with Gasteiger partial charge in [-0.25, -0.2) is 9.59 Å². The van der Waals surface area contributed by atoms with Gasteiger partial charge < -0.3 is 9.15 Å². The van der Waals surface area contributed by atoms with Gasteiger partial charge in [0.15, 0.2) is 0 Å². The first-order valence-corrected chi connectivity index (χ1v) is 3.98. The quantitative estimate of drug-likeness (QED) is 0.682. The molecule has 0 spiro atoms. The minimum absolute atomic E-state index is 0.131. The number of hydrogen-bond acceptors (Lipinski definition) is 4. The highest BCUT2D eigenvalue weighted by Gasteiger charge is 2.09. The van der Waals surface area contributed by atoms with Gasteiger partial charge in [-0.05, 0) is 13.0 Å². The number of esters is 1. The van der Waals surface area contributed by atoms with Crippen LogP contribution < -0.4 is 5.63 Å². The molecule has 4 nitrogen and oxygen atoms in total. The monoisotopic (exact) mass is 202 g/mol. The maximum atomic E-state index is 11.1. The van der Waals surface area contributed by atoms with E-state index in [0.29, 0.717) is 0 Å². The van der Waals surface area contributed by atoms with E-state index in [0.717, 1.165) is 6.26 Å². The Morgan fingerprint density at radius 2 is 2.38 bits per heavy atom. The molecule has 1 heterocycles. The van der Waals surface area contributed by atoms with Gasteiger partial charge in [-0.15, -0.1) is 0 Å². The summed E-state index contributed by atoms with van der Waals surface area (Å²) in [5.74, 6) is -0.562. The molecule has 0 aromatic carbocycles. The first-order chi connectivity index (χ1) is 6.15. The highest BCUT2D eigenvalue weighted by Crippen LogP contribution is 2.06. The zero-order valence-electron chi connectivity index (χ0n) is 6.87. The van der Waals surface area contributed by atoms with E-state index in [1.807, 2.05) is 0 Å². The molecule has 0 saturated heterocycles. The van der Waals surface area contributed by atoms with Crippen molar-refractivity contribution < 1.29 is 13.9 Å². The van der Waals surface area contributed by atoms with Gasteiger partial charge in [0, 0.05) is 0 Å². The number of ether oxygens (including phenoxy) is 1. The van der Waals surface area contributed by atoms with Crippen LogP contribution in [0.25, 0.3) is 0 Å². The predicted octanol–water partition coefficient (Wildman–Crippen LogP) is 1.47. The Bertz CT molecular complexity index is 369. The van der Waals surface area contributed by atoms with Crippen LogP contribution in [0, 0.1) is 0 Å². The second-order valence-electron chi connectivity index (χ2n) is 2.19. The van der Waals surface area contributed by atoms with Crippen molar-refractivity contribution in [2.75, 3.05) is 6.61 Å². The van der Waals surface area contributed by atoms with Crippen LogP contribution in [0.4, 0.5) is 0 Å². The summed E-state index contributed by atoms with van der Waals surface area (Å²) in [5, 5.41) is -0.134. The maximum absolute atomic E-state index is 11.1. The molecule has 70 valence electrons. The lowest BCUT2D eigenvalue weighted by molar-refractivity contribution is 0.0523. The predicted molar refractivity (Wildman–Crippen MR) is 45.9 cm³/mol. The minimum atomic E-state index is -0.672. The van der Waals surface area contributed by atoms with E-state index in [1.165, 1.54) is 6.07 Å². The second-order valence-corrected chi connectivity index (χ2v) is 2.60. The lowest BCUT2D eigenvalue weighted by Crippen LogP contribution is -2.07.